The summed E-state index contributed by atoms with van der Waals surface area (Å²) in [6.45, 7) is 3.16. The van der Waals surface area contributed by atoms with E-state index in [2.05, 4.69) is 15.3 Å². The third-order valence-electron chi connectivity index (χ3n) is 3.05. The van der Waals surface area contributed by atoms with Gasteiger partial charge in [0.05, 0.1) is 0 Å². The van der Waals surface area contributed by atoms with Gasteiger partial charge in [-0.05, 0) is 18.6 Å². The summed E-state index contributed by atoms with van der Waals surface area (Å²) in [7, 11) is 0. The van der Waals surface area contributed by atoms with Crippen LogP contribution in [0.3, 0.4) is 0 Å². The number of benzene rings is 1. The van der Waals surface area contributed by atoms with E-state index < -0.39 is 0 Å². The van der Waals surface area contributed by atoms with E-state index in [0.717, 1.165) is 29.2 Å². The number of ether oxygens (including phenoxy) is 2. The van der Waals surface area contributed by atoms with E-state index in [0.29, 0.717) is 24.2 Å². The Balaban J connectivity index is 1.90. The Morgan fingerprint density at radius 2 is 2.00 bits per heavy atom. The Hall–Kier alpha value is -2.01. The van der Waals surface area contributed by atoms with Gasteiger partial charge in [0.15, 0.2) is 11.5 Å². The fourth-order valence-corrected chi connectivity index (χ4v) is 2.34. The second kappa shape index (κ2) is 5.54. The van der Waals surface area contributed by atoms with Crippen molar-refractivity contribution in [3.63, 3.8) is 0 Å². The van der Waals surface area contributed by atoms with Gasteiger partial charge in [-0.25, -0.2) is 9.97 Å². The Bertz CT molecular complexity index is 634. The predicted molar refractivity (Wildman–Crippen MR) is 77.1 cm³/mol. The molecule has 1 aliphatic heterocycles. The van der Waals surface area contributed by atoms with Gasteiger partial charge in [0.25, 0.3) is 0 Å². The number of nitrogens with one attached hydrogen (secondary N) is 1. The number of hydrogen-bond donors (Lipinski definition) is 1. The number of rotatable bonds is 3. The third-order valence-corrected chi connectivity index (χ3v) is 3.38. The van der Waals surface area contributed by atoms with Gasteiger partial charge in [-0.3, -0.25) is 0 Å². The number of nitrogens with zero attached hydrogens (tertiary/aromatic N) is 2. The number of anilines is 2. The molecular formula is C14H14ClN3O2. The van der Waals surface area contributed by atoms with Gasteiger partial charge >= 0.3 is 0 Å². The molecule has 1 aromatic heterocycles. The van der Waals surface area contributed by atoms with E-state index in [4.69, 9.17) is 21.1 Å². The molecular weight excluding hydrogens is 278 g/mol. The minimum absolute atomic E-state index is 0.475. The molecule has 1 aromatic carbocycles. The summed E-state index contributed by atoms with van der Waals surface area (Å²) < 4.78 is 11.1. The van der Waals surface area contributed by atoms with Crippen LogP contribution in [0.1, 0.15) is 12.5 Å². The molecule has 3 rings (SSSR count). The second-order valence-electron chi connectivity index (χ2n) is 4.33. The SMILES string of the molecule is CCc1c(Cl)ncnc1Nc1ccc2c(c1)OCCO2. The lowest BCUT2D eigenvalue weighted by Gasteiger charge is -2.19. The van der Waals surface area contributed by atoms with Crippen LogP contribution in [0.4, 0.5) is 11.5 Å². The van der Waals surface area contributed by atoms with Crippen molar-refractivity contribution < 1.29 is 9.47 Å². The van der Waals surface area contributed by atoms with E-state index in [9.17, 15) is 0 Å². The van der Waals surface area contributed by atoms with E-state index in [1.807, 2.05) is 25.1 Å². The molecule has 20 heavy (non-hydrogen) atoms. The molecule has 1 N–H and O–H groups in total. The van der Waals surface area contributed by atoms with Crippen molar-refractivity contribution in [1.29, 1.82) is 0 Å². The van der Waals surface area contributed by atoms with Crippen LogP contribution in [-0.4, -0.2) is 23.2 Å². The molecule has 5 nitrogen and oxygen atoms in total. The van der Waals surface area contributed by atoms with Crippen LogP contribution >= 0.6 is 11.6 Å². The monoisotopic (exact) mass is 291 g/mol. The molecule has 0 aliphatic carbocycles. The van der Waals surface area contributed by atoms with Crippen LogP contribution < -0.4 is 14.8 Å². The Morgan fingerprint density at radius 3 is 2.80 bits per heavy atom. The highest BCUT2D eigenvalue weighted by atomic mass is 35.5. The van der Waals surface area contributed by atoms with Crippen LogP contribution in [-0.2, 0) is 6.42 Å². The van der Waals surface area contributed by atoms with Crippen LogP contribution in [0, 0.1) is 0 Å². The van der Waals surface area contributed by atoms with Crippen molar-refractivity contribution in [2.24, 2.45) is 0 Å². The summed E-state index contributed by atoms with van der Waals surface area (Å²) >= 11 is 6.08. The molecule has 104 valence electrons. The standard InChI is InChI=1S/C14H14ClN3O2/c1-2-10-13(15)16-8-17-14(10)18-9-3-4-11-12(7-9)20-6-5-19-11/h3-4,7-8H,2,5-6H2,1H3,(H,16,17,18). The summed E-state index contributed by atoms with van der Waals surface area (Å²) in [5.74, 6) is 2.21. The normalized spacial score (nSPS) is 13.1. The van der Waals surface area contributed by atoms with E-state index in [-0.39, 0.29) is 0 Å². The van der Waals surface area contributed by atoms with Gasteiger partial charge in [-0.1, -0.05) is 18.5 Å². The number of aromatic nitrogens is 2. The topological polar surface area (TPSA) is 56.3 Å². The van der Waals surface area contributed by atoms with Crippen molar-refractivity contribution in [1.82, 2.24) is 9.97 Å². The van der Waals surface area contributed by atoms with Crippen molar-refractivity contribution in [3.05, 3.63) is 35.2 Å². The lowest BCUT2D eigenvalue weighted by Crippen LogP contribution is -2.15. The summed E-state index contributed by atoms with van der Waals surface area (Å²) in [5, 5.41) is 3.72. The molecule has 0 fully saturated rings. The molecule has 6 heteroatoms. The maximum Gasteiger partial charge on any atom is 0.163 e. The molecule has 2 heterocycles. The number of halogens is 1. The summed E-state index contributed by atoms with van der Waals surface area (Å²) in [6, 6.07) is 5.69. The van der Waals surface area contributed by atoms with Crippen molar-refractivity contribution in [3.8, 4) is 11.5 Å². The molecule has 0 atom stereocenters. The van der Waals surface area contributed by atoms with Gasteiger partial charge in [0.1, 0.15) is 30.5 Å². The smallest absolute Gasteiger partial charge is 0.163 e. The highest BCUT2D eigenvalue weighted by Gasteiger charge is 2.13. The van der Waals surface area contributed by atoms with Crippen molar-refractivity contribution in [2.45, 2.75) is 13.3 Å². The average Bonchev–Trinajstić information content (AvgIpc) is 2.47. The first-order chi connectivity index (χ1) is 9.78. The zero-order chi connectivity index (χ0) is 13.9. The van der Waals surface area contributed by atoms with E-state index >= 15 is 0 Å². The first kappa shape index (κ1) is 13.0. The molecule has 2 aromatic rings. The quantitative estimate of drug-likeness (QED) is 0.880. The number of hydrogen-bond acceptors (Lipinski definition) is 5. The second-order valence-corrected chi connectivity index (χ2v) is 4.69. The zero-order valence-corrected chi connectivity index (χ0v) is 11.8. The largest absolute Gasteiger partial charge is 0.486 e. The third kappa shape index (κ3) is 2.49. The fourth-order valence-electron chi connectivity index (χ4n) is 2.07. The lowest BCUT2D eigenvalue weighted by atomic mass is 10.2. The van der Waals surface area contributed by atoms with Crippen LogP contribution in [0.5, 0.6) is 11.5 Å². The van der Waals surface area contributed by atoms with Gasteiger partial charge in [-0.15, -0.1) is 0 Å². The van der Waals surface area contributed by atoms with Gasteiger partial charge < -0.3 is 14.8 Å². The summed E-state index contributed by atoms with van der Waals surface area (Å²) in [5.41, 5.74) is 1.77. The molecule has 0 saturated heterocycles. The Morgan fingerprint density at radius 1 is 1.20 bits per heavy atom. The van der Waals surface area contributed by atoms with Crippen molar-refractivity contribution in [2.75, 3.05) is 18.5 Å². The van der Waals surface area contributed by atoms with Gasteiger partial charge in [0, 0.05) is 17.3 Å². The predicted octanol–water partition coefficient (Wildman–Crippen LogP) is 3.21. The first-order valence-corrected chi connectivity index (χ1v) is 6.81. The molecule has 1 aliphatic rings. The first-order valence-electron chi connectivity index (χ1n) is 6.44. The molecule has 0 spiro atoms. The summed E-state index contributed by atoms with van der Waals surface area (Å²) in [6.07, 6.45) is 2.20. The highest BCUT2D eigenvalue weighted by molar-refractivity contribution is 6.30. The molecule has 0 amide bonds. The van der Waals surface area contributed by atoms with Gasteiger partial charge in [-0.2, -0.15) is 0 Å². The Labute approximate surface area is 121 Å². The maximum absolute atomic E-state index is 6.08. The minimum atomic E-state index is 0.475. The van der Waals surface area contributed by atoms with Crippen molar-refractivity contribution >= 4 is 23.1 Å². The van der Waals surface area contributed by atoms with Crippen LogP contribution in [0.15, 0.2) is 24.5 Å². The van der Waals surface area contributed by atoms with Gasteiger partial charge in [0.2, 0.25) is 0 Å². The van der Waals surface area contributed by atoms with E-state index in [1.165, 1.54) is 6.33 Å². The molecule has 0 saturated carbocycles. The molecule has 0 radical (unpaired) electrons. The van der Waals surface area contributed by atoms with Crippen LogP contribution in [0.2, 0.25) is 5.15 Å². The maximum atomic E-state index is 6.08. The summed E-state index contributed by atoms with van der Waals surface area (Å²) in [4.78, 5) is 8.23. The zero-order valence-electron chi connectivity index (χ0n) is 11.0. The molecule has 0 bridgehead atoms. The highest BCUT2D eigenvalue weighted by Crippen LogP contribution is 2.34. The minimum Gasteiger partial charge on any atom is -0.486 e. The molecule has 0 unspecified atom stereocenters. The lowest BCUT2D eigenvalue weighted by molar-refractivity contribution is 0.171. The van der Waals surface area contributed by atoms with E-state index in [1.54, 1.807) is 0 Å². The average molecular weight is 292 g/mol. The number of fused-ring (bicyclic) bond motifs is 1. The Kier molecular flexibility index (Phi) is 3.60. The fraction of sp³-hybridized carbons (Fsp3) is 0.286. The van der Waals surface area contributed by atoms with Crippen LogP contribution in [0.25, 0.3) is 0 Å².